The highest BCUT2D eigenvalue weighted by molar-refractivity contribution is 5.92. The molecule has 0 atom stereocenters. The van der Waals surface area contributed by atoms with Gasteiger partial charge in [-0.2, -0.15) is 23.5 Å². The maximum atomic E-state index is 13.4. The van der Waals surface area contributed by atoms with Crippen molar-refractivity contribution >= 4 is 16.9 Å². The Morgan fingerprint density at radius 2 is 2.00 bits per heavy atom. The molecule has 0 unspecified atom stereocenters. The van der Waals surface area contributed by atoms with Gasteiger partial charge in [-0.15, -0.1) is 0 Å². The van der Waals surface area contributed by atoms with Gasteiger partial charge in [-0.25, -0.2) is 15.0 Å². The summed E-state index contributed by atoms with van der Waals surface area (Å²) in [6, 6.07) is 6.83. The topological polar surface area (TPSA) is 132 Å². The predicted molar refractivity (Wildman–Crippen MR) is 146 cm³/mol. The summed E-state index contributed by atoms with van der Waals surface area (Å²) in [6.45, 7) is 2.12. The predicted octanol–water partition coefficient (Wildman–Crippen LogP) is 3.18. The Bertz CT molecular complexity index is 1640. The molecule has 0 aromatic carbocycles. The standard InChI is InChI=1S/C28H29F3N10O/c1-33-14-18-10-22(38-23(11-18)28(29,30)31)26(42)40-8-6-39(7-9-40)20-12-27(13-20,3-4-32)41-16-19(15-37-41)24-21-2-5-34-25(21)36-17-35-24/h2,5,10-11,15-17,20,33H,3,6-9,12-14H2,1H3,(H,34,35,36). The number of nitrogens with zero attached hydrogens (tertiary/aromatic N) is 8. The van der Waals surface area contributed by atoms with Gasteiger partial charge in [0.15, 0.2) is 0 Å². The molecule has 0 bridgehead atoms. The van der Waals surface area contributed by atoms with Crippen LogP contribution >= 0.6 is 0 Å². The van der Waals surface area contributed by atoms with Gasteiger partial charge in [0.1, 0.15) is 23.4 Å². The molecule has 218 valence electrons. The van der Waals surface area contributed by atoms with E-state index in [1.165, 1.54) is 12.4 Å². The summed E-state index contributed by atoms with van der Waals surface area (Å²) < 4.78 is 42.1. The van der Waals surface area contributed by atoms with Gasteiger partial charge in [-0.3, -0.25) is 14.4 Å². The second-order valence-corrected chi connectivity index (χ2v) is 10.9. The Morgan fingerprint density at radius 3 is 2.71 bits per heavy atom. The molecule has 4 aromatic heterocycles. The maximum absolute atomic E-state index is 13.4. The first-order valence-electron chi connectivity index (χ1n) is 13.7. The van der Waals surface area contributed by atoms with Crippen molar-refractivity contribution < 1.29 is 18.0 Å². The van der Waals surface area contributed by atoms with E-state index in [0.717, 1.165) is 41.2 Å². The van der Waals surface area contributed by atoms with Gasteiger partial charge in [0, 0.05) is 62.1 Å². The SMILES string of the molecule is CNCc1cc(C(=O)N2CCN(C3CC(CC#N)(n4cc(-c5ncnc6[nH]ccc56)cn4)C3)CC2)nc(C(F)(F)F)c1. The lowest BCUT2D eigenvalue weighted by atomic mass is 9.70. The third kappa shape index (κ3) is 5.10. The molecule has 42 heavy (non-hydrogen) atoms. The monoisotopic (exact) mass is 578 g/mol. The number of rotatable bonds is 7. The third-order valence-electron chi connectivity index (χ3n) is 8.23. The van der Waals surface area contributed by atoms with Crippen LogP contribution in [0.15, 0.2) is 43.1 Å². The van der Waals surface area contributed by atoms with Gasteiger partial charge in [-0.05, 0) is 43.7 Å². The molecule has 5 heterocycles. The van der Waals surface area contributed by atoms with Crippen molar-refractivity contribution in [1.29, 1.82) is 5.26 Å². The van der Waals surface area contributed by atoms with Crippen LogP contribution in [-0.2, 0) is 18.3 Å². The first-order valence-corrected chi connectivity index (χ1v) is 13.7. The molecule has 1 saturated heterocycles. The number of amides is 1. The highest BCUT2D eigenvalue weighted by atomic mass is 19.4. The minimum absolute atomic E-state index is 0.194. The Morgan fingerprint density at radius 1 is 1.21 bits per heavy atom. The van der Waals surface area contributed by atoms with Crippen LogP contribution in [0.25, 0.3) is 22.3 Å². The molecule has 2 aliphatic rings. The van der Waals surface area contributed by atoms with Gasteiger partial charge < -0.3 is 15.2 Å². The molecule has 0 radical (unpaired) electrons. The minimum atomic E-state index is -4.64. The number of halogens is 3. The highest BCUT2D eigenvalue weighted by Crippen LogP contribution is 2.45. The number of hydrogen-bond acceptors (Lipinski definition) is 8. The fourth-order valence-corrected chi connectivity index (χ4v) is 6.04. The van der Waals surface area contributed by atoms with Crippen molar-refractivity contribution in [2.45, 2.75) is 43.6 Å². The molecule has 1 amide bonds. The number of carbonyl (C=O) groups excluding carboxylic acids is 1. The second-order valence-electron chi connectivity index (χ2n) is 10.9. The van der Waals surface area contributed by atoms with Crippen LogP contribution in [0.4, 0.5) is 13.2 Å². The van der Waals surface area contributed by atoms with Crippen molar-refractivity contribution in [3.63, 3.8) is 0 Å². The normalized spacial score (nSPS) is 21.3. The summed E-state index contributed by atoms with van der Waals surface area (Å²) in [7, 11) is 1.63. The van der Waals surface area contributed by atoms with E-state index < -0.39 is 23.3 Å². The number of aromatic amines is 1. The van der Waals surface area contributed by atoms with Crippen LogP contribution < -0.4 is 5.32 Å². The van der Waals surface area contributed by atoms with Crippen molar-refractivity contribution in [1.82, 2.24) is 44.8 Å². The fraction of sp³-hybridized carbons (Fsp3) is 0.429. The van der Waals surface area contributed by atoms with Crippen LogP contribution in [0.3, 0.4) is 0 Å². The quantitative estimate of drug-likeness (QED) is 0.342. The Hall–Kier alpha value is -4.35. The zero-order valence-corrected chi connectivity index (χ0v) is 22.9. The van der Waals surface area contributed by atoms with Gasteiger partial charge in [0.2, 0.25) is 0 Å². The summed E-state index contributed by atoms with van der Waals surface area (Å²) in [6.07, 6.45) is 4.12. The fourth-order valence-electron chi connectivity index (χ4n) is 6.04. The number of aromatic nitrogens is 6. The number of piperazine rings is 1. The van der Waals surface area contributed by atoms with Crippen molar-refractivity contribution in [3.05, 3.63) is 60.1 Å². The van der Waals surface area contributed by atoms with Crippen LogP contribution in [-0.4, -0.2) is 84.7 Å². The molecule has 2 fully saturated rings. The lowest BCUT2D eigenvalue weighted by Gasteiger charge is -2.52. The third-order valence-corrected chi connectivity index (χ3v) is 8.23. The first kappa shape index (κ1) is 27.8. The highest BCUT2D eigenvalue weighted by Gasteiger charge is 2.49. The van der Waals surface area contributed by atoms with E-state index >= 15 is 0 Å². The van der Waals surface area contributed by atoms with Crippen molar-refractivity contribution in [2.75, 3.05) is 33.2 Å². The molecule has 4 aromatic rings. The van der Waals surface area contributed by atoms with Crippen LogP contribution in [0.1, 0.15) is 41.0 Å². The smallest absolute Gasteiger partial charge is 0.346 e. The summed E-state index contributed by atoms with van der Waals surface area (Å²) in [5.74, 6) is -0.504. The van der Waals surface area contributed by atoms with E-state index in [4.69, 9.17) is 0 Å². The number of fused-ring (bicyclic) bond motifs is 1. The van der Waals surface area contributed by atoms with Gasteiger partial charge in [0.25, 0.3) is 5.91 Å². The number of nitrogens with one attached hydrogen (secondary N) is 2. The van der Waals surface area contributed by atoms with Gasteiger partial charge >= 0.3 is 6.18 Å². The zero-order valence-electron chi connectivity index (χ0n) is 22.9. The lowest BCUT2D eigenvalue weighted by molar-refractivity contribution is -0.141. The zero-order chi connectivity index (χ0) is 29.5. The van der Waals surface area contributed by atoms with Crippen LogP contribution in [0, 0.1) is 11.3 Å². The molecule has 1 aliphatic carbocycles. The van der Waals surface area contributed by atoms with Gasteiger partial charge in [0.05, 0.1) is 29.9 Å². The second kappa shape index (κ2) is 10.8. The molecule has 2 N–H and O–H groups in total. The molecular weight excluding hydrogens is 549 g/mol. The average Bonchev–Trinajstić information content (AvgIpc) is 3.64. The number of nitriles is 1. The van der Waals surface area contributed by atoms with Crippen molar-refractivity contribution in [2.24, 2.45) is 0 Å². The number of H-pyrrole nitrogens is 1. The van der Waals surface area contributed by atoms with E-state index in [1.807, 2.05) is 23.1 Å². The Kier molecular flexibility index (Phi) is 7.15. The Balaban J connectivity index is 1.11. The molecule has 6 rings (SSSR count). The van der Waals surface area contributed by atoms with E-state index in [-0.39, 0.29) is 18.3 Å². The lowest BCUT2D eigenvalue weighted by Crippen LogP contribution is -2.60. The molecule has 0 spiro atoms. The molecule has 1 saturated carbocycles. The van der Waals surface area contributed by atoms with E-state index in [1.54, 1.807) is 18.1 Å². The van der Waals surface area contributed by atoms with E-state index in [2.05, 4.69) is 41.3 Å². The largest absolute Gasteiger partial charge is 0.433 e. The number of hydrogen-bond donors (Lipinski definition) is 2. The summed E-state index contributed by atoms with van der Waals surface area (Å²) in [4.78, 5) is 32.4. The molecule has 11 nitrogen and oxygen atoms in total. The average molecular weight is 579 g/mol. The molecule has 14 heteroatoms. The summed E-state index contributed by atoms with van der Waals surface area (Å²) in [5, 5.41) is 18.0. The minimum Gasteiger partial charge on any atom is -0.346 e. The van der Waals surface area contributed by atoms with Crippen LogP contribution in [0.2, 0.25) is 0 Å². The van der Waals surface area contributed by atoms with E-state index in [0.29, 0.717) is 38.2 Å². The molecular formula is C28H29F3N10O. The summed E-state index contributed by atoms with van der Waals surface area (Å²) in [5.41, 5.74) is 0.989. The number of alkyl halides is 3. The number of carbonyl (C=O) groups is 1. The number of pyridine rings is 1. The summed E-state index contributed by atoms with van der Waals surface area (Å²) >= 11 is 0. The van der Waals surface area contributed by atoms with Crippen LogP contribution in [0.5, 0.6) is 0 Å². The Labute approximate surface area is 239 Å². The maximum Gasteiger partial charge on any atom is 0.433 e. The van der Waals surface area contributed by atoms with Crippen molar-refractivity contribution in [3.8, 4) is 17.3 Å². The van der Waals surface area contributed by atoms with Gasteiger partial charge in [-0.1, -0.05) is 0 Å². The first-order chi connectivity index (χ1) is 20.2. The van der Waals surface area contributed by atoms with E-state index in [9.17, 15) is 23.2 Å². The molecule has 1 aliphatic heterocycles.